The Balaban J connectivity index is 2.50. The van der Waals surface area contributed by atoms with E-state index in [1.807, 2.05) is 18.4 Å². The minimum atomic E-state index is -2.96. The standard InChI is InChI=1S/C13H18O3S2/c1-3-18(15,16)10-4-5-13(14)11-6-8-12(17-2)9-7-11/h6-9H,3-5,10H2,1-2H3. The molecule has 0 spiro atoms. The first kappa shape index (κ1) is 15.2. The zero-order chi connectivity index (χ0) is 13.6. The highest BCUT2D eigenvalue weighted by Gasteiger charge is 2.10. The number of rotatable bonds is 7. The van der Waals surface area contributed by atoms with Gasteiger partial charge < -0.3 is 0 Å². The zero-order valence-corrected chi connectivity index (χ0v) is 12.3. The summed E-state index contributed by atoms with van der Waals surface area (Å²) in [5.41, 5.74) is 0.654. The Morgan fingerprint density at radius 2 is 1.83 bits per heavy atom. The molecule has 0 aliphatic carbocycles. The number of thioether (sulfide) groups is 1. The molecule has 3 nitrogen and oxygen atoms in total. The van der Waals surface area contributed by atoms with E-state index in [1.54, 1.807) is 30.8 Å². The highest BCUT2D eigenvalue weighted by atomic mass is 32.2. The van der Waals surface area contributed by atoms with E-state index in [-0.39, 0.29) is 23.7 Å². The predicted octanol–water partition coefficient (Wildman–Crippen LogP) is 2.81. The van der Waals surface area contributed by atoms with Crippen LogP contribution in [0.5, 0.6) is 0 Å². The van der Waals surface area contributed by atoms with Crippen LogP contribution in [0.15, 0.2) is 29.2 Å². The van der Waals surface area contributed by atoms with E-state index < -0.39 is 9.84 Å². The third-order valence-electron chi connectivity index (χ3n) is 2.71. The van der Waals surface area contributed by atoms with Crippen molar-refractivity contribution >= 4 is 27.4 Å². The van der Waals surface area contributed by atoms with Crippen molar-refractivity contribution in [3.05, 3.63) is 29.8 Å². The predicted molar refractivity (Wildman–Crippen MR) is 76.1 cm³/mol. The summed E-state index contributed by atoms with van der Waals surface area (Å²) in [5.74, 6) is 0.246. The molecule has 18 heavy (non-hydrogen) atoms. The summed E-state index contributed by atoms with van der Waals surface area (Å²) in [6.07, 6.45) is 2.67. The molecule has 1 aromatic rings. The molecule has 1 rings (SSSR count). The number of carbonyl (C=O) groups is 1. The first-order valence-corrected chi connectivity index (χ1v) is 8.91. The van der Waals surface area contributed by atoms with E-state index in [0.717, 1.165) is 4.90 Å². The van der Waals surface area contributed by atoms with Gasteiger partial charge in [0.1, 0.15) is 9.84 Å². The molecule has 0 N–H and O–H groups in total. The lowest BCUT2D eigenvalue weighted by atomic mass is 10.1. The van der Waals surface area contributed by atoms with Crippen molar-refractivity contribution in [3.8, 4) is 0 Å². The van der Waals surface area contributed by atoms with Crippen molar-refractivity contribution in [1.82, 2.24) is 0 Å². The van der Waals surface area contributed by atoms with Crippen LogP contribution < -0.4 is 0 Å². The van der Waals surface area contributed by atoms with E-state index in [2.05, 4.69) is 0 Å². The summed E-state index contributed by atoms with van der Waals surface area (Å²) >= 11 is 1.62. The zero-order valence-electron chi connectivity index (χ0n) is 10.7. The topological polar surface area (TPSA) is 51.2 Å². The van der Waals surface area contributed by atoms with Gasteiger partial charge in [0.25, 0.3) is 0 Å². The fourth-order valence-corrected chi connectivity index (χ4v) is 2.80. The molecule has 100 valence electrons. The maximum absolute atomic E-state index is 11.8. The van der Waals surface area contributed by atoms with Gasteiger partial charge in [-0.15, -0.1) is 11.8 Å². The molecule has 0 amide bonds. The molecule has 1 aromatic carbocycles. The van der Waals surface area contributed by atoms with Crippen molar-refractivity contribution in [1.29, 1.82) is 0 Å². The average molecular weight is 286 g/mol. The van der Waals surface area contributed by atoms with E-state index in [9.17, 15) is 13.2 Å². The minimum Gasteiger partial charge on any atom is -0.294 e. The molecule has 0 bridgehead atoms. The second kappa shape index (κ2) is 6.95. The summed E-state index contributed by atoms with van der Waals surface area (Å²) in [6.45, 7) is 1.62. The molecule has 0 fully saturated rings. The summed E-state index contributed by atoms with van der Waals surface area (Å²) in [6, 6.07) is 7.40. The minimum absolute atomic E-state index is 0.00829. The molecule has 0 atom stereocenters. The average Bonchev–Trinajstić information content (AvgIpc) is 2.38. The van der Waals surface area contributed by atoms with Gasteiger partial charge in [0, 0.05) is 22.6 Å². The number of benzene rings is 1. The van der Waals surface area contributed by atoms with Crippen molar-refractivity contribution in [3.63, 3.8) is 0 Å². The lowest BCUT2D eigenvalue weighted by Gasteiger charge is -2.03. The van der Waals surface area contributed by atoms with E-state index in [0.29, 0.717) is 12.0 Å². The van der Waals surface area contributed by atoms with Crippen LogP contribution >= 0.6 is 11.8 Å². The Kier molecular flexibility index (Phi) is 5.88. The Morgan fingerprint density at radius 1 is 1.22 bits per heavy atom. The van der Waals surface area contributed by atoms with Crippen LogP contribution in [0.1, 0.15) is 30.1 Å². The van der Waals surface area contributed by atoms with Crippen LogP contribution in [0, 0.1) is 0 Å². The van der Waals surface area contributed by atoms with E-state index in [1.165, 1.54) is 0 Å². The number of hydrogen-bond acceptors (Lipinski definition) is 4. The van der Waals surface area contributed by atoms with Crippen LogP contribution in [0.3, 0.4) is 0 Å². The van der Waals surface area contributed by atoms with Crippen LogP contribution in [0.4, 0.5) is 0 Å². The molecule has 0 unspecified atom stereocenters. The van der Waals surface area contributed by atoms with Crippen molar-refractivity contribution in [2.45, 2.75) is 24.7 Å². The monoisotopic (exact) mass is 286 g/mol. The Labute approximate surface area is 113 Å². The van der Waals surface area contributed by atoms with Crippen molar-refractivity contribution < 1.29 is 13.2 Å². The SMILES string of the molecule is CCS(=O)(=O)CCCC(=O)c1ccc(SC)cc1. The number of ketones is 1. The largest absolute Gasteiger partial charge is 0.294 e. The number of sulfone groups is 1. The van der Waals surface area contributed by atoms with Gasteiger partial charge >= 0.3 is 0 Å². The van der Waals surface area contributed by atoms with Gasteiger partial charge in [-0.2, -0.15) is 0 Å². The van der Waals surface area contributed by atoms with Crippen molar-refractivity contribution in [2.75, 3.05) is 17.8 Å². The molecule has 0 heterocycles. The van der Waals surface area contributed by atoms with Gasteiger partial charge in [-0.05, 0) is 24.8 Å². The molecule has 0 radical (unpaired) electrons. The van der Waals surface area contributed by atoms with Crippen LogP contribution in [0.25, 0.3) is 0 Å². The fraction of sp³-hybridized carbons (Fsp3) is 0.462. The smallest absolute Gasteiger partial charge is 0.162 e. The quantitative estimate of drug-likeness (QED) is 0.571. The van der Waals surface area contributed by atoms with Gasteiger partial charge in [0.2, 0.25) is 0 Å². The van der Waals surface area contributed by atoms with Gasteiger partial charge in [0.05, 0.1) is 5.75 Å². The summed E-state index contributed by atoms with van der Waals surface area (Å²) in [4.78, 5) is 12.9. The molecular weight excluding hydrogens is 268 g/mol. The lowest BCUT2D eigenvalue weighted by Crippen LogP contribution is -2.10. The maximum Gasteiger partial charge on any atom is 0.162 e. The number of Topliss-reactive ketones (excluding diaryl/α,β-unsaturated/α-hetero) is 1. The third-order valence-corrected chi connectivity index (χ3v) is 5.24. The highest BCUT2D eigenvalue weighted by molar-refractivity contribution is 7.98. The summed E-state index contributed by atoms with van der Waals surface area (Å²) in [7, 11) is -2.96. The van der Waals surface area contributed by atoms with Gasteiger partial charge in [0.15, 0.2) is 5.78 Å². The Morgan fingerprint density at radius 3 is 2.33 bits per heavy atom. The van der Waals surface area contributed by atoms with Gasteiger partial charge in [-0.3, -0.25) is 4.79 Å². The Hall–Kier alpha value is -0.810. The van der Waals surface area contributed by atoms with Crippen LogP contribution in [-0.4, -0.2) is 32.0 Å². The summed E-state index contributed by atoms with van der Waals surface area (Å²) < 4.78 is 22.6. The summed E-state index contributed by atoms with van der Waals surface area (Å²) in [5, 5.41) is 0. The maximum atomic E-state index is 11.8. The lowest BCUT2D eigenvalue weighted by molar-refractivity contribution is 0.0982. The highest BCUT2D eigenvalue weighted by Crippen LogP contribution is 2.16. The molecule has 0 aliphatic rings. The first-order valence-electron chi connectivity index (χ1n) is 5.86. The van der Waals surface area contributed by atoms with E-state index in [4.69, 9.17) is 0 Å². The fourth-order valence-electron chi connectivity index (χ4n) is 1.52. The Bertz CT molecular complexity index is 489. The second-order valence-electron chi connectivity index (χ2n) is 3.99. The molecule has 0 aliphatic heterocycles. The number of hydrogen-bond donors (Lipinski definition) is 0. The first-order chi connectivity index (χ1) is 8.48. The third kappa shape index (κ3) is 4.82. The molecule has 0 saturated carbocycles. The number of carbonyl (C=O) groups excluding carboxylic acids is 1. The second-order valence-corrected chi connectivity index (χ2v) is 7.34. The van der Waals surface area contributed by atoms with E-state index >= 15 is 0 Å². The van der Waals surface area contributed by atoms with Crippen LogP contribution in [-0.2, 0) is 9.84 Å². The normalized spacial score (nSPS) is 11.4. The molecule has 5 heteroatoms. The van der Waals surface area contributed by atoms with Crippen LogP contribution in [0.2, 0.25) is 0 Å². The molecular formula is C13H18O3S2. The van der Waals surface area contributed by atoms with Gasteiger partial charge in [-0.25, -0.2) is 8.42 Å². The molecule has 0 saturated heterocycles. The van der Waals surface area contributed by atoms with Crippen molar-refractivity contribution in [2.24, 2.45) is 0 Å². The van der Waals surface area contributed by atoms with Gasteiger partial charge in [-0.1, -0.05) is 19.1 Å². The molecule has 0 aromatic heterocycles.